The van der Waals surface area contributed by atoms with Crippen molar-refractivity contribution in [1.82, 2.24) is 14.5 Å². The number of para-hydroxylation sites is 1. The van der Waals surface area contributed by atoms with Gasteiger partial charge in [0, 0.05) is 18.7 Å². The highest BCUT2D eigenvalue weighted by Gasteiger charge is 2.26. The Morgan fingerprint density at radius 1 is 1.13 bits per heavy atom. The average molecular weight is 422 g/mol. The van der Waals surface area contributed by atoms with E-state index in [1.807, 2.05) is 49.1 Å². The van der Waals surface area contributed by atoms with Crippen LogP contribution in [0, 0.1) is 0 Å². The number of ether oxygens (including phenoxy) is 1. The van der Waals surface area contributed by atoms with Gasteiger partial charge in [-0.3, -0.25) is 14.2 Å². The van der Waals surface area contributed by atoms with Crippen LogP contribution in [-0.4, -0.2) is 34.0 Å². The van der Waals surface area contributed by atoms with Crippen LogP contribution in [0.25, 0.3) is 10.9 Å². The topological polar surface area (TPSA) is 64.4 Å². The maximum Gasteiger partial charge on any atom is 0.261 e. The van der Waals surface area contributed by atoms with Crippen molar-refractivity contribution in [2.24, 2.45) is 0 Å². The smallest absolute Gasteiger partial charge is 0.261 e. The van der Waals surface area contributed by atoms with Crippen molar-refractivity contribution in [3.05, 3.63) is 70.3 Å². The van der Waals surface area contributed by atoms with Gasteiger partial charge in [0.05, 0.1) is 24.1 Å². The molecule has 1 atom stereocenters. The zero-order valence-electron chi connectivity index (χ0n) is 18.8. The van der Waals surface area contributed by atoms with Gasteiger partial charge in [-0.1, -0.05) is 38.0 Å². The lowest BCUT2D eigenvalue weighted by atomic mass is 10.1. The standard InChI is InChI=1S/C25H31N3O3/c1-5-7-10-16-28(24(29)19-12-11-13-20(17-19)31-4)18(3)23-26-22-15-9-8-14-21(22)25(30)27(23)6-2/h8-9,11-15,17-18H,5-7,10,16H2,1-4H3. The molecule has 3 rings (SSSR count). The number of unbranched alkanes of at least 4 members (excludes halogenated alkanes) is 2. The summed E-state index contributed by atoms with van der Waals surface area (Å²) in [5, 5.41) is 0.594. The molecule has 3 aromatic rings. The number of carbonyl (C=O) groups is 1. The van der Waals surface area contributed by atoms with E-state index in [-0.39, 0.29) is 17.5 Å². The average Bonchev–Trinajstić information content (AvgIpc) is 2.81. The van der Waals surface area contributed by atoms with Crippen LogP contribution in [0.3, 0.4) is 0 Å². The van der Waals surface area contributed by atoms with E-state index < -0.39 is 0 Å². The Hall–Kier alpha value is -3.15. The second kappa shape index (κ2) is 10.2. The van der Waals surface area contributed by atoms with Gasteiger partial charge < -0.3 is 9.64 Å². The lowest BCUT2D eigenvalue weighted by Gasteiger charge is -2.30. The van der Waals surface area contributed by atoms with Gasteiger partial charge in [0.15, 0.2) is 0 Å². The number of hydrogen-bond donors (Lipinski definition) is 0. The van der Waals surface area contributed by atoms with E-state index in [0.29, 0.717) is 41.1 Å². The Bertz CT molecular complexity index is 1110. The lowest BCUT2D eigenvalue weighted by Crippen LogP contribution is -2.38. The molecule has 6 heteroatoms. The second-order valence-corrected chi connectivity index (χ2v) is 7.65. The van der Waals surface area contributed by atoms with E-state index in [9.17, 15) is 9.59 Å². The molecule has 0 bridgehead atoms. The Kier molecular flexibility index (Phi) is 7.45. The minimum absolute atomic E-state index is 0.0720. The first-order valence-electron chi connectivity index (χ1n) is 11.0. The van der Waals surface area contributed by atoms with E-state index >= 15 is 0 Å². The number of carbonyl (C=O) groups excluding carboxylic acids is 1. The number of nitrogens with zero attached hydrogens (tertiary/aromatic N) is 3. The summed E-state index contributed by atoms with van der Waals surface area (Å²) in [6.45, 7) is 7.10. The van der Waals surface area contributed by atoms with Crippen molar-refractivity contribution in [2.45, 2.75) is 52.6 Å². The van der Waals surface area contributed by atoms with E-state index in [2.05, 4.69) is 6.92 Å². The van der Waals surface area contributed by atoms with Crippen LogP contribution in [-0.2, 0) is 6.54 Å². The molecule has 6 nitrogen and oxygen atoms in total. The summed E-state index contributed by atoms with van der Waals surface area (Å²) in [5.41, 5.74) is 1.15. The summed E-state index contributed by atoms with van der Waals surface area (Å²) in [4.78, 5) is 33.3. The summed E-state index contributed by atoms with van der Waals surface area (Å²) in [7, 11) is 1.59. The molecule has 1 aromatic heterocycles. The van der Waals surface area contributed by atoms with Crippen LogP contribution in [0.1, 0.15) is 62.3 Å². The first-order valence-corrected chi connectivity index (χ1v) is 11.0. The molecule has 1 unspecified atom stereocenters. The Morgan fingerprint density at radius 2 is 1.90 bits per heavy atom. The number of aromatic nitrogens is 2. The Balaban J connectivity index is 2.06. The normalized spacial score (nSPS) is 12.0. The monoisotopic (exact) mass is 421 g/mol. The highest BCUT2D eigenvalue weighted by molar-refractivity contribution is 5.95. The molecule has 0 spiro atoms. The summed E-state index contributed by atoms with van der Waals surface area (Å²) < 4.78 is 6.98. The van der Waals surface area contributed by atoms with E-state index in [0.717, 1.165) is 19.3 Å². The molecule has 0 aliphatic rings. The lowest BCUT2D eigenvalue weighted by molar-refractivity contribution is 0.0674. The quantitative estimate of drug-likeness (QED) is 0.465. The van der Waals surface area contributed by atoms with Crippen LogP contribution < -0.4 is 10.3 Å². The van der Waals surface area contributed by atoms with Crippen LogP contribution in [0.4, 0.5) is 0 Å². The van der Waals surface area contributed by atoms with Gasteiger partial charge in [0.1, 0.15) is 11.6 Å². The number of rotatable bonds is 9. The number of amides is 1. The molecule has 2 aromatic carbocycles. The SMILES string of the molecule is CCCCCN(C(=O)c1cccc(OC)c1)C(C)c1nc2ccccc2c(=O)n1CC. The third-order valence-electron chi connectivity index (χ3n) is 5.63. The number of methoxy groups -OCH3 is 1. The molecule has 1 heterocycles. The van der Waals surface area contributed by atoms with Crippen molar-refractivity contribution in [3.8, 4) is 5.75 Å². The summed E-state index contributed by atoms with van der Waals surface area (Å²) in [6.07, 6.45) is 2.98. The first-order chi connectivity index (χ1) is 15.0. The zero-order chi connectivity index (χ0) is 22.4. The van der Waals surface area contributed by atoms with Gasteiger partial charge in [-0.25, -0.2) is 4.98 Å². The molecule has 0 saturated heterocycles. The van der Waals surface area contributed by atoms with Gasteiger partial charge >= 0.3 is 0 Å². The van der Waals surface area contributed by atoms with E-state index in [4.69, 9.17) is 9.72 Å². The summed E-state index contributed by atoms with van der Waals surface area (Å²) in [5.74, 6) is 1.16. The maximum absolute atomic E-state index is 13.5. The highest BCUT2D eigenvalue weighted by Crippen LogP contribution is 2.24. The van der Waals surface area contributed by atoms with E-state index in [1.165, 1.54) is 0 Å². The second-order valence-electron chi connectivity index (χ2n) is 7.65. The van der Waals surface area contributed by atoms with Gasteiger partial charge in [-0.05, 0) is 50.6 Å². The molecular weight excluding hydrogens is 390 g/mol. The highest BCUT2D eigenvalue weighted by atomic mass is 16.5. The predicted octanol–water partition coefficient (Wildman–Crippen LogP) is 4.82. The number of fused-ring (bicyclic) bond motifs is 1. The molecule has 1 amide bonds. The van der Waals surface area contributed by atoms with Crippen LogP contribution >= 0.6 is 0 Å². The molecule has 164 valence electrons. The van der Waals surface area contributed by atoms with Crippen molar-refractivity contribution in [3.63, 3.8) is 0 Å². The Morgan fingerprint density at radius 3 is 2.61 bits per heavy atom. The van der Waals surface area contributed by atoms with Crippen molar-refractivity contribution in [2.75, 3.05) is 13.7 Å². The zero-order valence-corrected chi connectivity index (χ0v) is 18.8. The van der Waals surface area contributed by atoms with Crippen molar-refractivity contribution in [1.29, 1.82) is 0 Å². The minimum Gasteiger partial charge on any atom is -0.497 e. The largest absolute Gasteiger partial charge is 0.497 e. The van der Waals surface area contributed by atoms with E-state index in [1.54, 1.807) is 29.9 Å². The van der Waals surface area contributed by atoms with Crippen molar-refractivity contribution < 1.29 is 9.53 Å². The minimum atomic E-state index is -0.354. The van der Waals surface area contributed by atoms with Gasteiger partial charge in [-0.15, -0.1) is 0 Å². The molecular formula is C25H31N3O3. The molecule has 0 aliphatic heterocycles. The van der Waals surface area contributed by atoms with Crippen LogP contribution in [0.2, 0.25) is 0 Å². The van der Waals surface area contributed by atoms with Gasteiger partial charge in [-0.2, -0.15) is 0 Å². The third kappa shape index (κ3) is 4.79. The fourth-order valence-electron chi connectivity index (χ4n) is 3.87. The number of benzene rings is 2. The molecule has 31 heavy (non-hydrogen) atoms. The van der Waals surface area contributed by atoms with Crippen LogP contribution in [0.15, 0.2) is 53.3 Å². The fourth-order valence-corrected chi connectivity index (χ4v) is 3.87. The van der Waals surface area contributed by atoms with Crippen molar-refractivity contribution >= 4 is 16.8 Å². The summed E-state index contributed by atoms with van der Waals surface area (Å²) in [6, 6.07) is 14.2. The van der Waals surface area contributed by atoms with Gasteiger partial charge in [0.2, 0.25) is 0 Å². The third-order valence-corrected chi connectivity index (χ3v) is 5.63. The molecule has 0 fully saturated rings. The fraction of sp³-hybridized carbons (Fsp3) is 0.400. The molecule has 0 radical (unpaired) electrons. The molecule has 0 aliphatic carbocycles. The Labute approximate surface area is 183 Å². The predicted molar refractivity (Wildman–Crippen MR) is 124 cm³/mol. The summed E-state index contributed by atoms with van der Waals surface area (Å²) >= 11 is 0. The number of hydrogen-bond acceptors (Lipinski definition) is 4. The van der Waals surface area contributed by atoms with Crippen LogP contribution in [0.5, 0.6) is 5.75 Å². The first kappa shape index (κ1) is 22.5. The molecule has 0 saturated carbocycles. The molecule has 0 N–H and O–H groups in total. The maximum atomic E-state index is 13.5. The van der Waals surface area contributed by atoms with Gasteiger partial charge in [0.25, 0.3) is 11.5 Å².